The van der Waals surface area contributed by atoms with Crippen molar-refractivity contribution in [2.45, 2.75) is 25.9 Å². The van der Waals surface area contributed by atoms with Gasteiger partial charge in [0.1, 0.15) is 17.0 Å². The molecule has 0 saturated heterocycles. The van der Waals surface area contributed by atoms with E-state index in [4.69, 9.17) is 15.0 Å². The van der Waals surface area contributed by atoms with Crippen molar-refractivity contribution >= 4 is 5.88 Å². The highest BCUT2D eigenvalue weighted by Gasteiger charge is 2.30. The molecule has 0 spiro atoms. The molecule has 17 heavy (non-hydrogen) atoms. The zero-order valence-corrected chi connectivity index (χ0v) is 9.86. The van der Waals surface area contributed by atoms with Crippen LogP contribution >= 0.6 is 0 Å². The second-order valence-corrected chi connectivity index (χ2v) is 4.98. The standard InChI is InChI=1S/C13H14N2O2/c1-13(2)7-9-5-8(3-4-11(9)16-13)10-6-12(14)17-15-10/h3-6H,7,14H2,1-2H3. The van der Waals surface area contributed by atoms with Gasteiger partial charge in [0, 0.05) is 18.1 Å². The minimum absolute atomic E-state index is 0.121. The number of aromatic nitrogens is 1. The number of nitrogen functional groups attached to an aromatic ring is 1. The van der Waals surface area contributed by atoms with Crippen LogP contribution < -0.4 is 10.5 Å². The van der Waals surface area contributed by atoms with E-state index in [9.17, 15) is 0 Å². The monoisotopic (exact) mass is 230 g/mol. The summed E-state index contributed by atoms with van der Waals surface area (Å²) < 4.78 is 10.7. The third-order valence-corrected chi connectivity index (χ3v) is 2.89. The summed E-state index contributed by atoms with van der Waals surface area (Å²) in [6.45, 7) is 4.17. The summed E-state index contributed by atoms with van der Waals surface area (Å²) in [6, 6.07) is 7.76. The molecule has 2 N–H and O–H groups in total. The Balaban J connectivity index is 2.01. The molecular formula is C13H14N2O2. The van der Waals surface area contributed by atoms with Crippen molar-refractivity contribution in [1.82, 2.24) is 5.16 Å². The summed E-state index contributed by atoms with van der Waals surface area (Å²) in [5, 5.41) is 3.91. The summed E-state index contributed by atoms with van der Waals surface area (Å²) >= 11 is 0. The summed E-state index contributed by atoms with van der Waals surface area (Å²) in [6.07, 6.45) is 0.906. The molecule has 0 radical (unpaired) electrons. The van der Waals surface area contributed by atoms with Crippen LogP contribution in [-0.2, 0) is 6.42 Å². The second-order valence-electron chi connectivity index (χ2n) is 4.98. The predicted molar refractivity (Wildman–Crippen MR) is 64.8 cm³/mol. The summed E-state index contributed by atoms with van der Waals surface area (Å²) in [5.41, 5.74) is 8.36. The predicted octanol–water partition coefficient (Wildman–Crippen LogP) is 2.64. The molecule has 1 aliphatic rings. The molecule has 0 amide bonds. The van der Waals surface area contributed by atoms with Crippen LogP contribution in [0.15, 0.2) is 28.8 Å². The number of hydrogen-bond acceptors (Lipinski definition) is 4. The van der Waals surface area contributed by atoms with Gasteiger partial charge in [-0.25, -0.2) is 0 Å². The molecule has 0 bridgehead atoms. The van der Waals surface area contributed by atoms with Crippen molar-refractivity contribution in [3.63, 3.8) is 0 Å². The van der Waals surface area contributed by atoms with Gasteiger partial charge in [-0.15, -0.1) is 0 Å². The Labute approximate surface area is 99.4 Å². The lowest BCUT2D eigenvalue weighted by molar-refractivity contribution is 0.138. The third kappa shape index (κ3) is 1.75. The number of nitrogens with two attached hydrogens (primary N) is 1. The second kappa shape index (κ2) is 3.26. The maximum Gasteiger partial charge on any atom is 0.222 e. The first-order chi connectivity index (χ1) is 8.03. The lowest BCUT2D eigenvalue weighted by atomic mass is 9.99. The van der Waals surface area contributed by atoms with E-state index in [1.807, 2.05) is 12.1 Å². The van der Waals surface area contributed by atoms with E-state index >= 15 is 0 Å². The molecule has 4 heteroatoms. The van der Waals surface area contributed by atoms with Gasteiger partial charge in [0.2, 0.25) is 5.88 Å². The Morgan fingerprint density at radius 2 is 2.12 bits per heavy atom. The molecule has 0 atom stereocenters. The van der Waals surface area contributed by atoms with E-state index in [0.717, 1.165) is 23.4 Å². The quantitative estimate of drug-likeness (QED) is 0.818. The fourth-order valence-electron chi connectivity index (χ4n) is 2.19. The van der Waals surface area contributed by atoms with Crippen molar-refractivity contribution in [2.75, 3.05) is 5.73 Å². The number of hydrogen-bond donors (Lipinski definition) is 1. The Kier molecular flexibility index (Phi) is 1.96. The lowest BCUT2D eigenvalue weighted by Gasteiger charge is -2.16. The van der Waals surface area contributed by atoms with Crippen molar-refractivity contribution < 1.29 is 9.26 Å². The van der Waals surface area contributed by atoms with E-state index in [1.54, 1.807) is 6.07 Å². The SMILES string of the molecule is CC1(C)Cc2cc(-c3cc(N)on3)ccc2O1. The molecular weight excluding hydrogens is 216 g/mol. The minimum Gasteiger partial charge on any atom is -0.487 e. The van der Waals surface area contributed by atoms with Crippen LogP contribution in [0.25, 0.3) is 11.3 Å². The first kappa shape index (κ1) is 10.2. The molecule has 88 valence electrons. The van der Waals surface area contributed by atoms with Crippen LogP contribution in [0, 0.1) is 0 Å². The van der Waals surface area contributed by atoms with Crippen molar-refractivity contribution in [2.24, 2.45) is 0 Å². The summed E-state index contributed by atoms with van der Waals surface area (Å²) in [7, 11) is 0. The molecule has 1 aliphatic heterocycles. The molecule has 0 unspecified atom stereocenters. The molecule has 3 rings (SSSR count). The van der Waals surface area contributed by atoms with Crippen molar-refractivity contribution in [1.29, 1.82) is 0 Å². The van der Waals surface area contributed by atoms with Gasteiger partial charge in [-0.05, 0) is 37.6 Å². The molecule has 0 saturated carbocycles. The Bertz CT molecular complexity index is 573. The maximum atomic E-state index is 5.82. The fourth-order valence-corrected chi connectivity index (χ4v) is 2.19. The highest BCUT2D eigenvalue weighted by Crippen LogP contribution is 2.37. The molecule has 0 fully saturated rings. The van der Waals surface area contributed by atoms with E-state index in [0.29, 0.717) is 5.88 Å². The Hall–Kier alpha value is -1.97. The largest absolute Gasteiger partial charge is 0.487 e. The number of nitrogens with zero attached hydrogens (tertiary/aromatic N) is 1. The van der Waals surface area contributed by atoms with Crippen molar-refractivity contribution in [3.05, 3.63) is 29.8 Å². The average molecular weight is 230 g/mol. The van der Waals surface area contributed by atoms with Crippen LogP contribution in [0.4, 0.5) is 5.88 Å². The molecule has 1 aromatic carbocycles. The van der Waals surface area contributed by atoms with Gasteiger partial charge in [-0.2, -0.15) is 0 Å². The Morgan fingerprint density at radius 1 is 1.29 bits per heavy atom. The van der Waals surface area contributed by atoms with E-state index in [2.05, 4.69) is 25.1 Å². The van der Waals surface area contributed by atoms with Crippen molar-refractivity contribution in [3.8, 4) is 17.0 Å². The number of ether oxygens (including phenoxy) is 1. The van der Waals surface area contributed by atoms with Crippen LogP contribution in [0.2, 0.25) is 0 Å². The first-order valence-corrected chi connectivity index (χ1v) is 5.58. The Morgan fingerprint density at radius 3 is 2.82 bits per heavy atom. The molecule has 2 aromatic rings. The molecule has 1 aromatic heterocycles. The van der Waals surface area contributed by atoms with Crippen LogP contribution in [-0.4, -0.2) is 10.8 Å². The topological polar surface area (TPSA) is 61.3 Å². The smallest absolute Gasteiger partial charge is 0.222 e. The fraction of sp³-hybridized carbons (Fsp3) is 0.308. The average Bonchev–Trinajstić information content (AvgIpc) is 2.78. The number of rotatable bonds is 1. The maximum absolute atomic E-state index is 5.82. The molecule has 0 aliphatic carbocycles. The third-order valence-electron chi connectivity index (χ3n) is 2.89. The number of benzene rings is 1. The van der Waals surface area contributed by atoms with Crippen LogP contribution in [0.3, 0.4) is 0 Å². The molecule has 2 heterocycles. The van der Waals surface area contributed by atoms with E-state index in [1.165, 1.54) is 5.56 Å². The van der Waals surface area contributed by atoms with E-state index in [-0.39, 0.29) is 5.60 Å². The van der Waals surface area contributed by atoms with Gasteiger partial charge in [0.05, 0.1) is 0 Å². The van der Waals surface area contributed by atoms with Gasteiger partial charge in [-0.1, -0.05) is 5.16 Å². The van der Waals surface area contributed by atoms with Crippen LogP contribution in [0.5, 0.6) is 5.75 Å². The minimum atomic E-state index is -0.121. The van der Waals surface area contributed by atoms with Gasteiger partial charge in [0.25, 0.3) is 0 Å². The zero-order valence-electron chi connectivity index (χ0n) is 9.86. The van der Waals surface area contributed by atoms with Crippen LogP contribution in [0.1, 0.15) is 19.4 Å². The van der Waals surface area contributed by atoms with Gasteiger partial charge < -0.3 is 15.0 Å². The highest BCUT2D eigenvalue weighted by atomic mass is 16.5. The normalized spacial score (nSPS) is 16.6. The number of anilines is 1. The van der Waals surface area contributed by atoms with Gasteiger partial charge in [0.15, 0.2) is 0 Å². The lowest BCUT2D eigenvalue weighted by Crippen LogP contribution is -2.24. The first-order valence-electron chi connectivity index (χ1n) is 5.58. The summed E-state index contributed by atoms with van der Waals surface area (Å²) in [4.78, 5) is 0. The highest BCUT2D eigenvalue weighted by molar-refractivity contribution is 5.64. The zero-order chi connectivity index (χ0) is 12.0. The molecule has 4 nitrogen and oxygen atoms in total. The number of fused-ring (bicyclic) bond motifs is 1. The van der Waals surface area contributed by atoms with Gasteiger partial charge in [-0.3, -0.25) is 0 Å². The van der Waals surface area contributed by atoms with E-state index < -0.39 is 0 Å². The summed E-state index contributed by atoms with van der Waals surface area (Å²) in [5.74, 6) is 1.28. The van der Waals surface area contributed by atoms with Gasteiger partial charge >= 0.3 is 0 Å².